The van der Waals surface area contributed by atoms with E-state index in [9.17, 15) is 18.0 Å². The lowest BCUT2D eigenvalue weighted by Gasteiger charge is -2.19. The Labute approximate surface area is 153 Å². The summed E-state index contributed by atoms with van der Waals surface area (Å²) in [5.74, 6) is -0.848. The second-order valence-corrected chi connectivity index (χ2v) is 7.58. The number of halogens is 1. The van der Waals surface area contributed by atoms with Crippen molar-refractivity contribution in [3.05, 3.63) is 28.8 Å². The zero-order valence-corrected chi connectivity index (χ0v) is 16.2. The fraction of sp³-hybridized carbons (Fsp3) is 0.500. The molecule has 140 valence electrons. The van der Waals surface area contributed by atoms with E-state index in [4.69, 9.17) is 11.6 Å². The van der Waals surface area contributed by atoms with Gasteiger partial charge in [-0.15, -0.1) is 0 Å². The van der Waals surface area contributed by atoms with E-state index in [2.05, 4.69) is 10.6 Å². The molecule has 0 aliphatic rings. The Bertz CT molecular complexity index is 718. The van der Waals surface area contributed by atoms with Crippen LogP contribution in [-0.4, -0.2) is 50.7 Å². The zero-order chi connectivity index (χ0) is 19.0. The Kier molecular flexibility index (Phi) is 8.34. The first-order chi connectivity index (χ1) is 11.8. The number of carbonyl (C=O) groups is 2. The van der Waals surface area contributed by atoms with Crippen LogP contribution in [-0.2, 0) is 14.8 Å². The Morgan fingerprint density at radius 2 is 1.76 bits per heavy atom. The van der Waals surface area contributed by atoms with Crippen LogP contribution in [0.4, 0.5) is 0 Å². The van der Waals surface area contributed by atoms with Crippen LogP contribution in [0.5, 0.6) is 0 Å². The molecule has 0 aliphatic heterocycles. The number of nitrogens with one attached hydrogen (secondary N) is 2. The lowest BCUT2D eigenvalue weighted by Crippen LogP contribution is -2.37. The van der Waals surface area contributed by atoms with Crippen molar-refractivity contribution in [2.45, 2.75) is 32.1 Å². The molecular formula is C16H24ClN3O4S. The van der Waals surface area contributed by atoms with Gasteiger partial charge in [0.25, 0.3) is 5.91 Å². The largest absolute Gasteiger partial charge is 0.355 e. The average Bonchev–Trinajstić information content (AvgIpc) is 2.58. The lowest BCUT2D eigenvalue weighted by molar-refractivity contribution is -0.120. The molecule has 1 rings (SSSR count). The maximum atomic E-state index is 12.6. The van der Waals surface area contributed by atoms with E-state index in [1.54, 1.807) is 13.8 Å². The van der Waals surface area contributed by atoms with Crippen LogP contribution in [0.3, 0.4) is 0 Å². The SMILES string of the molecule is CCCNC(=O)CNC(=O)c1ccc(Cl)c(S(=O)(=O)N(CC)CC)c1. The molecule has 0 spiro atoms. The number of nitrogens with zero attached hydrogens (tertiary/aromatic N) is 1. The highest BCUT2D eigenvalue weighted by Gasteiger charge is 2.25. The first-order valence-corrected chi connectivity index (χ1v) is 9.94. The molecule has 0 bridgehead atoms. The van der Waals surface area contributed by atoms with Gasteiger partial charge in [0, 0.05) is 25.2 Å². The summed E-state index contributed by atoms with van der Waals surface area (Å²) in [7, 11) is -3.79. The van der Waals surface area contributed by atoms with Gasteiger partial charge in [-0.1, -0.05) is 32.4 Å². The number of rotatable bonds is 9. The summed E-state index contributed by atoms with van der Waals surface area (Å²) < 4.78 is 26.5. The number of sulfonamides is 1. The summed E-state index contributed by atoms with van der Waals surface area (Å²) in [6.07, 6.45) is 0.795. The van der Waals surface area contributed by atoms with Gasteiger partial charge in [-0.05, 0) is 24.6 Å². The minimum Gasteiger partial charge on any atom is -0.355 e. The number of benzene rings is 1. The van der Waals surface area contributed by atoms with Gasteiger partial charge in [0.15, 0.2) is 0 Å². The first kappa shape index (κ1) is 21.4. The molecule has 0 heterocycles. The van der Waals surface area contributed by atoms with Crippen molar-refractivity contribution in [2.24, 2.45) is 0 Å². The Hall–Kier alpha value is -1.64. The van der Waals surface area contributed by atoms with E-state index in [1.807, 2.05) is 6.92 Å². The second-order valence-electron chi connectivity index (χ2n) is 5.27. The first-order valence-electron chi connectivity index (χ1n) is 8.12. The third kappa shape index (κ3) is 5.69. The molecule has 0 saturated heterocycles. The molecule has 0 unspecified atom stereocenters. The quantitative estimate of drug-likeness (QED) is 0.670. The number of amides is 2. The summed E-state index contributed by atoms with van der Waals surface area (Å²) in [4.78, 5) is 23.6. The van der Waals surface area contributed by atoms with Gasteiger partial charge in [-0.25, -0.2) is 8.42 Å². The van der Waals surface area contributed by atoms with Crippen molar-refractivity contribution in [3.63, 3.8) is 0 Å². The van der Waals surface area contributed by atoms with E-state index in [0.29, 0.717) is 19.6 Å². The summed E-state index contributed by atoms with van der Waals surface area (Å²) in [6, 6.07) is 4.02. The van der Waals surface area contributed by atoms with Crippen LogP contribution in [0, 0.1) is 0 Å². The lowest BCUT2D eigenvalue weighted by atomic mass is 10.2. The maximum Gasteiger partial charge on any atom is 0.251 e. The number of hydrogen-bond acceptors (Lipinski definition) is 4. The third-order valence-electron chi connectivity index (χ3n) is 3.50. The molecule has 1 aromatic rings. The van der Waals surface area contributed by atoms with Crippen molar-refractivity contribution in [3.8, 4) is 0 Å². The molecule has 2 amide bonds. The molecule has 7 nitrogen and oxygen atoms in total. The number of hydrogen-bond donors (Lipinski definition) is 2. The van der Waals surface area contributed by atoms with Crippen LogP contribution >= 0.6 is 11.6 Å². The summed E-state index contributed by atoms with van der Waals surface area (Å²) in [5, 5.41) is 5.14. The topological polar surface area (TPSA) is 95.6 Å². The predicted molar refractivity (Wildman–Crippen MR) is 97.2 cm³/mol. The van der Waals surface area contributed by atoms with Crippen LogP contribution < -0.4 is 10.6 Å². The molecule has 0 radical (unpaired) electrons. The molecule has 0 fully saturated rings. The van der Waals surface area contributed by atoms with Crippen molar-refractivity contribution in [1.29, 1.82) is 0 Å². The van der Waals surface area contributed by atoms with Gasteiger partial charge in [-0.3, -0.25) is 9.59 Å². The van der Waals surface area contributed by atoms with Gasteiger partial charge in [-0.2, -0.15) is 4.31 Å². The van der Waals surface area contributed by atoms with E-state index in [0.717, 1.165) is 6.42 Å². The Balaban J connectivity index is 2.97. The summed E-state index contributed by atoms with van der Waals surface area (Å²) in [5.41, 5.74) is 0.124. The third-order valence-corrected chi connectivity index (χ3v) is 6.03. The summed E-state index contributed by atoms with van der Waals surface area (Å²) >= 11 is 6.03. The maximum absolute atomic E-state index is 12.6. The normalized spacial score (nSPS) is 11.4. The van der Waals surface area contributed by atoms with Gasteiger partial charge < -0.3 is 10.6 Å². The van der Waals surface area contributed by atoms with E-state index in [-0.39, 0.29) is 27.9 Å². The van der Waals surface area contributed by atoms with Crippen molar-refractivity contribution < 1.29 is 18.0 Å². The van der Waals surface area contributed by atoms with Crippen LogP contribution in [0.1, 0.15) is 37.6 Å². The smallest absolute Gasteiger partial charge is 0.251 e. The molecule has 1 aromatic carbocycles. The highest BCUT2D eigenvalue weighted by Crippen LogP contribution is 2.25. The minimum absolute atomic E-state index is 0.0455. The van der Waals surface area contributed by atoms with Gasteiger partial charge in [0.2, 0.25) is 15.9 Å². The van der Waals surface area contributed by atoms with Crippen LogP contribution in [0.15, 0.2) is 23.1 Å². The minimum atomic E-state index is -3.79. The Morgan fingerprint density at radius 3 is 2.32 bits per heavy atom. The fourth-order valence-electron chi connectivity index (χ4n) is 2.13. The molecule has 0 aliphatic carbocycles. The van der Waals surface area contributed by atoms with Crippen molar-refractivity contribution >= 4 is 33.4 Å². The fourth-order valence-corrected chi connectivity index (χ4v) is 4.09. The van der Waals surface area contributed by atoms with Crippen LogP contribution in [0.25, 0.3) is 0 Å². The van der Waals surface area contributed by atoms with Crippen molar-refractivity contribution in [1.82, 2.24) is 14.9 Å². The monoisotopic (exact) mass is 389 g/mol. The highest BCUT2D eigenvalue weighted by molar-refractivity contribution is 7.89. The molecular weight excluding hydrogens is 366 g/mol. The second kappa shape index (κ2) is 9.74. The average molecular weight is 390 g/mol. The van der Waals surface area contributed by atoms with Crippen LogP contribution in [0.2, 0.25) is 5.02 Å². The van der Waals surface area contributed by atoms with Gasteiger partial charge in [0.05, 0.1) is 11.6 Å². The van der Waals surface area contributed by atoms with Crippen molar-refractivity contribution in [2.75, 3.05) is 26.2 Å². The standard InChI is InChI=1S/C16H24ClN3O4S/c1-4-9-18-15(21)11-19-16(22)12-7-8-13(17)14(10-12)25(23,24)20(5-2)6-3/h7-8,10H,4-6,9,11H2,1-3H3,(H,18,21)(H,19,22). The summed E-state index contributed by atoms with van der Waals surface area (Å²) in [6.45, 7) is 6.30. The molecule has 9 heteroatoms. The van der Waals surface area contributed by atoms with E-state index in [1.165, 1.54) is 22.5 Å². The molecule has 0 saturated carbocycles. The van der Waals surface area contributed by atoms with E-state index < -0.39 is 15.9 Å². The molecule has 0 aromatic heterocycles. The van der Waals surface area contributed by atoms with E-state index >= 15 is 0 Å². The Morgan fingerprint density at radius 1 is 1.12 bits per heavy atom. The molecule has 0 atom stereocenters. The zero-order valence-electron chi connectivity index (χ0n) is 14.6. The number of carbonyl (C=O) groups excluding carboxylic acids is 2. The molecule has 2 N–H and O–H groups in total. The van der Waals surface area contributed by atoms with Gasteiger partial charge in [0.1, 0.15) is 4.90 Å². The molecule has 25 heavy (non-hydrogen) atoms. The predicted octanol–water partition coefficient (Wildman–Crippen LogP) is 1.63. The van der Waals surface area contributed by atoms with Gasteiger partial charge >= 0.3 is 0 Å². The highest BCUT2D eigenvalue weighted by atomic mass is 35.5.